The molecule has 1 amide bonds. The van der Waals surface area contributed by atoms with Gasteiger partial charge in [0, 0.05) is 37.8 Å². The van der Waals surface area contributed by atoms with E-state index >= 15 is 0 Å². The quantitative estimate of drug-likeness (QED) is 0.837. The Morgan fingerprint density at radius 2 is 2.08 bits per heavy atom. The Balaban J connectivity index is 1.43. The summed E-state index contributed by atoms with van der Waals surface area (Å²) in [5, 5.41) is 4.40. The van der Waals surface area contributed by atoms with Crippen molar-refractivity contribution in [2.45, 2.75) is 45.1 Å². The van der Waals surface area contributed by atoms with Crippen LogP contribution >= 0.6 is 0 Å². The van der Waals surface area contributed by atoms with Crippen molar-refractivity contribution in [2.75, 3.05) is 26.2 Å². The number of rotatable bonds is 3. The van der Waals surface area contributed by atoms with Gasteiger partial charge in [-0.05, 0) is 38.1 Å². The predicted octanol–water partition coefficient (Wildman–Crippen LogP) is 2.20. The average molecular weight is 352 g/mol. The van der Waals surface area contributed by atoms with Gasteiger partial charge < -0.3 is 4.90 Å². The summed E-state index contributed by atoms with van der Waals surface area (Å²) >= 11 is 0. The molecule has 0 N–H and O–H groups in total. The molecule has 3 heterocycles. The minimum Gasteiger partial charge on any atom is -0.330 e. The zero-order valence-electron chi connectivity index (χ0n) is 15.0. The van der Waals surface area contributed by atoms with Gasteiger partial charge in [-0.2, -0.15) is 5.10 Å². The molecule has 2 aliphatic heterocycles. The summed E-state index contributed by atoms with van der Waals surface area (Å²) < 4.78 is 28.1. The lowest BCUT2D eigenvalue weighted by atomic mass is 9.76. The molecule has 1 saturated carbocycles. The van der Waals surface area contributed by atoms with Gasteiger partial charge in [-0.15, -0.1) is 0 Å². The van der Waals surface area contributed by atoms with Crippen LogP contribution in [0.25, 0.3) is 0 Å². The van der Waals surface area contributed by atoms with Crippen molar-refractivity contribution in [3.05, 3.63) is 17.5 Å². The zero-order valence-corrected chi connectivity index (χ0v) is 15.0. The number of likely N-dealkylation sites (tertiary alicyclic amines) is 2. The van der Waals surface area contributed by atoms with E-state index in [2.05, 4.69) is 16.2 Å². The van der Waals surface area contributed by atoms with E-state index in [4.69, 9.17) is 0 Å². The molecule has 0 aromatic carbocycles. The zero-order chi connectivity index (χ0) is 17.8. The van der Waals surface area contributed by atoms with Crippen LogP contribution in [0, 0.1) is 18.3 Å². The fourth-order valence-corrected chi connectivity index (χ4v) is 5.06. The molecule has 4 rings (SSSR count). The maximum Gasteiger partial charge on any atom is 0.282 e. The third-order valence-electron chi connectivity index (χ3n) is 6.33. The van der Waals surface area contributed by atoms with Crippen molar-refractivity contribution in [1.82, 2.24) is 19.6 Å². The van der Waals surface area contributed by atoms with Crippen molar-refractivity contribution in [2.24, 2.45) is 18.4 Å². The summed E-state index contributed by atoms with van der Waals surface area (Å²) in [4.78, 5) is 16.5. The van der Waals surface area contributed by atoms with Crippen LogP contribution in [-0.4, -0.2) is 57.6 Å². The van der Waals surface area contributed by atoms with Gasteiger partial charge >= 0.3 is 0 Å². The molecular formula is C18H26F2N4O. The van der Waals surface area contributed by atoms with Crippen LogP contribution in [0.3, 0.4) is 0 Å². The molecular weight excluding hydrogens is 326 g/mol. The van der Waals surface area contributed by atoms with Crippen molar-refractivity contribution in [3.8, 4) is 0 Å². The molecule has 1 aromatic heterocycles. The number of hydrogen-bond donors (Lipinski definition) is 0. The number of amides is 1. The van der Waals surface area contributed by atoms with Crippen LogP contribution in [-0.2, 0) is 18.4 Å². The molecule has 2 atom stereocenters. The number of nitrogens with zero attached hydrogens (tertiary/aromatic N) is 4. The molecule has 3 fully saturated rings. The maximum atomic E-state index is 13.1. The van der Waals surface area contributed by atoms with E-state index in [1.165, 1.54) is 10.5 Å². The summed E-state index contributed by atoms with van der Waals surface area (Å²) in [6.45, 7) is 3.95. The number of alkyl halides is 2. The van der Waals surface area contributed by atoms with Crippen molar-refractivity contribution < 1.29 is 13.6 Å². The highest BCUT2D eigenvalue weighted by molar-refractivity contribution is 5.81. The second-order valence-electron chi connectivity index (χ2n) is 8.23. The third kappa shape index (κ3) is 2.96. The molecule has 1 aliphatic carbocycles. The minimum absolute atomic E-state index is 0.0158. The molecule has 7 heteroatoms. The van der Waals surface area contributed by atoms with Crippen LogP contribution in [0.1, 0.15) is 36.9 Å². The van der Waals surface area contributed by atoms with Gasteiger partial charge in [0.2, 0.25) is 5.91 Å². The maximum absolute atomic E-state index is 13.1. The number of aryl methyl sites for hydroxylation is 2. The Kier molecular flexibility index (Phi) is 3.90. The van der Waals surface area contributed by atoms with Crippen molar-refractivity contribution in [3.63, 3.8) is 0 Å². The molecule has 1 spiro atoms. The first-order chi connectivity index (χ1) is 11.8. The number of carbonyl (C=O) groups is 1. The first-order valence-corrected chi connectivity index (χ1v) is 9.16. The van der Waals surface area contributed by atoms with Crippen LogP contribution in [0.5, 0.6) is 0 Å². The summed E-state index contributed by atoms with van der Waals surface area (Å²) in [5.41, 5.74) is 2.26. The molecule has 0 bridgehead atoms. The number of halogens is 2. The van der Waals surface area contributed by atoms with E-state index in [-0.39, 0.29) is 17.2 Å². The SMILES string of the molecule is Cc1nn(C)cc1CN1CC[C@]2(CCC[C@H]2C(=O)N2CC(F)(F)C2)C1. The third-order valence-corrected chi connectivity index (χ3v) is 6.33. The lowest BCUT2D eigenvalue weighted by molar-refractivity contribution is -0.172. The first-order valence-electron chi connectivity index (χ1n) is 9.16. The van der Waals surface area contributed by atoms with Gasteiger partial charge in [-0.1, -0.05) is 6.42 Å². The van der Waals surface area contributed by atoms with Crippen molar-refractivity contribution in [1.29, 1.82) is 0 Å². The minimum atomic E-state index is -2.68. The second-order valence-corrected chi connectivity index (χ2v) is 8.23. The highest BCUT2D eigenvalue weighted by Crippen LogP contribution is 2.51. The number of carbonyl (C=O) groups excluding carboxylic acids is 1. The highest BCUT2D eigenvalue weighted by Gasteiger charge is 2.55. The second kappa shape index (κ2) is 5.76. The van der Waals surface area contributed by atoms with Crippen LogP contribution in [0.15, 0.2) is 6.20 Å². The first kappa shape index (κ1) is 16.9. The van der Waals surface area contributed by atoms with E-state index in [0.29, 0.717) is 0 Å². The van der Waals surface area contributed by atoms with E-state index in [0.717, 1.165) is 51.0 Å². The molecule has 138 valence electrons. The Bertz CT molecular complexity index is 681. The molecule has 5 nitrogen and oxygen atoms in total. The van der Waals surface area contributed by atoms with Crippen LogP contribution < -0.4 is 0 Å². The van der Waals surface area contributed by atoms with Crippen LogP contribution in [0.4, 0.5) is 8.78 Å². The standard InChI is InChI=1S/C18H26F2N4O/c1-13-14(8-22(2)21-13)9-23-7-6-17(10-23)5-3-4-15(17)16(25)24-11-18(19,20)12-24/h8,15H,3-7,9-12H2,1-2H3/t15-,17+/m0/s1. The molecule has 3 aliphatic rings. The summed E-state index contributed by atoms with van der Waals surface area (Å²) in [5.74, 6) is -2.80. The van der Waals surface area contributed by atoms with Gasteiger partial charge in [0.15, 0.2) is 0 Å². The van der Waals surface area contributed by atoms with Gasteiger partial charge in [-0.25, -0.2) is 8.78 Å². The Labute approximate surface area is 147 Å². The highest BCUT2D eigenvalue weighted by atomic mass is 19.3. The number of aromatic nitrogens is 2. The van der Waals surface area contributed by atoms with Crippen LogP contribution in [0.2, 0.25) is 0 Å². The van der Waals surface area contributed by atoms with E-state index in [9.17, 15) is 13.6 Å². The topological polar surface area (TPSA) is 41.4 Å². The molecule has 0 unspecified atom stereocenters. The normalized spacial score (nSPS) is 31.7. The van der Waals surface area contributed by atoms with Gasteiger partial charge in [0.1, 0.15) is 0 Å². The Morgan fingerprint density at radius 3 is 2.72 bits per heavy atom. The van der Waals surface area contributed by atoms with Gasteiger partial charge in [0.25, 0.3) is 5.92 Å². The fraction of sp³-hybridized carbons (Fsp3) is 0.778. The lowest BCUT2D eigenvalue weighted by Crippen LogP contribution is -2.60. The Hall–Kier alpha value is -1.50. The molecule has 2 saturated heterocycles. The van der Waals surface area contributed by atoms with Gasteiger partial charge in [0.05, 0.1) is 18.8 Å². The fourth-order valence-electron chi connectivity index (χ4n) is 5.06. The van der Waals surface area contributed by atoms with Gasteiger partial charge in [-0.3, -0.25) is 14.4 Å². The van der Waals surface area contributed by atoms with E-state index in [1.807, 2.05) is 18.7 Å². The molecule has 1 aromatic rings. The number of hydrogen-bond acceptors (Lipinski definition) is 3. The largest absolute Gasteiger partial charge is 0.330 e. The van der Waals surface area contributed by atoms with E-state index in [1.54, 1.807) is 0 Å². The summed E-state index contributed by atoms with van der Waals surface area (Å²) in [7, 11) is 1.93. The molecule has 0 radical (unpaired) electrons. The van der Waals surface area contributed by atoms with E-state index < -0.39 is 19.0 Å². The predicted molar refractivity (Wildman–Crippen MR) is 89.1 cm³/mol. The lowest BCUT2D eigenvalue weighted by Gasteiger charge is -2.42. The summed E-state index contributed by atoms with van der Waals surface area (Å²) in [6, 6.07) is 0. The molecule has 25 heavy (non-hydrogen) atoms. The Morgan fingerprint density at radius 1 is 1.32 bits per heavy atom. The van der Waals surface area contributed by atoms with Crippen molar-refractivity contribution >= 4 is 5.91 Å². The average Bonchev–Trinajstić information content (AvgIpc) is 3.18. The monoisotopic (exact) mass is 352 g/mol. The summed E-state index contributed by atoms with van der Waals surface area (Å²) in [6.07, 6.45) is 5.96. The smallest absolute Gasteiger partial charge is 0.282 e.